The van der Waals surface area contributed by atoms with Crippen molar-refractivity contribution in [2.24, 2.45) is 11.8 Å². The van der Waals surface area contributed by atoms with Gasteiger partial charge in [0.2, 0.25) is 5.91 Å². The summed E-state index contributed by atoms with van der Waals surface area (Å²) in [7, 11) is 0. The smallest absolute Gasteiger partial charge is 0.264 e. The molecule has 1 fully saturated rings. The lowest BCUT2D eigenvalue weighted by Gasteiger charge is -2.28. The maximum atomic E-state index is 14.1. The number of hydrogen-bond donors (Lipinski definition) is 4. The molecule has 0 radical (unpaired) electrons. The number of carbonyl (C=O) groups is 2. The first-order chi connectivity index (χ1) is 23.3. The number of benzene rings is 3. The SMILES string of the molecule is C[C@@H](/C=C/CCn1cc(C(CO)c2ccccc2)nn1)[C@]1(O)C(=O)N(Cc2cccc(NC(=O)C3CCCNC3)c2)c2ccc(Br)cc21. The molecule has 4 atom stereocenters. The van der Waals surface area contributed by atoms with Crippen LogP contribution in [0.3, 0.4) is 0 Å². The molecule has 11 heteroatoms. The summed E-state index contributed by atoms with van der Waals surface area (Å²) >= 11 is 3.52. The van der Waals surface area contributed by atoms with Crippen molar-refractivity contribution >= 4 is 39.1 Å². The lowest BCUT2D eigenvalue weighted by molar-refractivity contribution is -0.139. The molecule has 2 aliphatic rings. The molecular formula is C37H41BrN6O4. The van der Waals surface area contributed by atoms with Crippen molar-refractivity contribution in [1.29, 1.82) is 0 Å². The van der Waals surface area contributed by atoms with Gasteiger partial charge in [-0.3, -0.25) is 14.3 Å². The van der Waals surface area contributed by atoms with Gasteiger partial charge in [-0.1, -0.05) is 82.7 Å². The zero-order valence-corrected chi connectivity index (χ0v) is 28.5. The van der Waals surface area contributed by atoms with E-state index in [1.54, 1.807) is 9.58 Å². The molecule has 2 aliphatic heterocycles. The number of aryl methyl sites for hydroxylation is 1. The molecule has 6 rings (SSSR count). The Morgan fingerprint density at radius 1 is 1.17 bits per heavy atom. The minimum Gasteiger partial charge on any atom is -0.395 e. The molecule has 0 aliphatic carbocycles. The standard InChI is InChI=1S/C37H41BrN6O4/c1-25(9-5-6-18-43-23-33(41-42-43)31(24-45)27-11-3-2-4-12-27)37(48)32-20-29(38)15-16-34(32)44(36(37)47)22-26-10-7-14-30(19-26)40-35(46)28-13-8-17-39-21-28/h2-5,7,9-12,14-16,19-20,23,25,28,31,39,45,48H,6,8,13,17-18,21-22,24H2,1H3,(H,40,46)/b9-5+/t25-,28?,31?,37+/m0/s1. The molecule has 1 saturated heterocycles. The number of amides is 2. The summed E-state index contributed by atoms with van der Waals surface area (Å²) in [5.41, 5.74) is 2.63. The van der Waals surface area contributed by atoms with Crippen molar-refractivity contribution in [1.82, 2.24) is 20.3 Å². The van der Waals surface area contributed by atoms with Gasteiger partial charge in [-0.2, -0.15) is 0 Å². The van der Waals surface area contributed by atoms with Crippen LogP contribution >= 0.6 is 15.9 Å². The number of aliphatic hydroxyl groups is 2. The van der Waals surface area contributed by atoms with Crippen LogP contribution in [0.1, 0.15) is 54.5 Å². The highest BCUT2D eigenvalue weighted by atomic mass is 79.9. The maximum absolute atomic E-state index is 14.1. The lowest BCUT2D eigenvalue weighted by atomic mass is 9.83. The number of fused-ring (bicyclic) bond motifs is 1. The number of anilines is 2. The van der Waals surface area contributed by atoms with Gasteiger partial charge in [0.1, 0.15) is 0 Å². The van der Waals surface area contributed by atoms with E-state index in [9.17, 15) is 19.8 Å². The third-order valence-electron chi connectivity index (χ3n) is 9.34. The normalized spacial score (nSPS) is 20.5. The molecule has 4 aromatic rings. The van der Waals surface area contributed by atoms with Gasteiger partial charge in [-0.25, -0.2) is 0 Å². The van der Waals surface area contributed by atoms with Crippen LogP contribution in [0.2, 0.25) is 0 Å². The summed E-state index contributed by atoms with van der Waals surface area (Å²) in [6, 6.07) is 22.8. The maximum Gasteiger partial charge on any atom is 0.264 e. The molecular weight excluding hydrogens is 672 g/mol. The monoisotopic (exact) mass is 712 g/mol. The summed E-state index contributed by atoms with van der Waals surface area (Å²) in [5, 5.41) is 36.9. The highest BCUT2D eigenvalue weighted by Crippen LogP contribution is 2.46. The molecule has 2 unspecified atom stereocenters. The Bertz CT molecular complexity index is 1770. The fourth-order valence-electron chi connectivity index (χ4n) is 6.61. The van der Waals surface area contributed by atoms with E-state index >= 15 is 0 Å². The molecule has 0 saturated carbocycles. The van der Waals surface area contributed by atoms with Gasteiger partial charge in [0.15, 0.2) is 5.60 Å². The van der Waals surface area contributed by atoms with Gasteiger partial charge in [-0.15, -0.1) is 5.10 Å². The van der Waals surface area contributed by atoms with Crippen LogP contribution in [0.25, 0.3) is 0 Å². The van der Waals surface area contributed by atoms with E-state index in [1.807, 2.05) is 98.1 Å². The van der Waals surface area contributed by atoms with Crippen molar-refractivity contribution in [2.45, 2.75) is 50.8 Å². The number of aliphatic hydroxyl groups excluding tert-OH is 1. The van der Waals surface area contributed by atoms with E-state index in [0.29, 0.717) is 42.1 Å². The average Bonchev–Trinajstić information content (AvgIpc) is 3.65. The molecule has 4 N–H and O–H groups in total. The van der Waals surface area contributed by atoms with Gasteiger partial charge in [0, 0.05) is 40.9 Å². The van der Waals surface area contributed by atoms with Gasteiger partial charge in [0.25, 0.3) is 5.91 Å². The first-order valence-corrected chi connectivity index (χ1v) is 17.2. The van der Waals surface area contributed by atoms with E-state index in [4.69, 9.17) is 0 Å². The molecule has 0 spiro atoms. The van der Waals surface area contributed by atoms with Crippen molar-refractivity contribution in [3.8, 4) is 0 Å². The van der Waals surface area contributed by atoms with E-state index in [2.05, 4.69) is 36.9 Å². The number of piperidine rings is 1. The summed E-state index contributed by atoms with van der Waals surface area (Å²) in [4.78, 5) is 28.5. The molecule has 1 aromatic heterocycles. The Balaban J connectivity index is 1.13. The molecule has 0 bridgehead atoms. The summed E-state index contributed by atoms with van der Waals surface area (Å²) in [6.45, 7) is 4.18. The minimum atomic E-state index is -1.76. The van der Waals surface area contributed by atoms with Crippen LogP contribution in [-0.4, -0.2) is 56.7 Å². The number of hydrogen-bond acceptors (Lipinski definition) is 7. The lowest BCUT2D eigenvalue weighted by Crippen LogP contribution is -2.44. The minimum absolute atomic E-state index is 0.00687. The third kappa shape index (κ3) is 7.14. The van der Waals surface area contributed by atoms with Crippen molar-refractivity contribution in [2.75, 3.05) is 29.9 Å². The van der Waals surface area contributed by atoms with Crippen LogP contribution in [0.4, 0.5) is 11.4 Å². The van der Waals surface area contributed by atoms with Crippen LogP contribution in [0.5, 0.6) is 0 Å². The average molecular weight is 714 g/mol. The molecule has 250 valence electrons. The quantitative estimate of drug-likeness (QED) is 0.150. The molecule has 3 heterocycles. The Morgan fingerprint density at radius 3 is 2.77 bits per heavy atom. The zero-order chi connectivity index (χ0) is 33.7. The van der Waals surface area contributed by atoms with Gasteiger partial charge in [-0.05, 0) is 67.3 Å². The number of allylic oxidation sites excluding steroid dienone is 1. The van der Waals surface area contributed by atoms with E-state index in [-0.39, 0.29) is 30.9 Å². The van der Waals surface area contributed by atoms with E-state index in [0.717, 1.165) is 35.0 Å². The number of aromatic nitrogens is 3. The fraction of sp³-hybridized carbons (Fsp3) is 0.351. The number of carbonyl (C=O) groups excluding carboxylic acids is 2. The largest absolute Gasteiger partial charge is 0.395 e. The second-order valence-electron chi connectivity index (χ2n) is 12.6. The van der Waals surface area contributed by atoms with Crippen molar-refractivity contribution in [3.05, 3.63) is 118 Å². The van der Waals surface area contributed by atoms with E-state index < -0.39 is 17.4 Å². The topological polar surface area (TPSA) is 133 Å². The van der Waals surface area contributed by atoms with Crippen LogP contribution in [0.15, 0.2) is 95.6 Å². The Morgan fingerprint density at radius 2 is 2.00 bits per heavy atom. The van der Waals surface area contributed by atoms with Crippen molar-refractivity contribution in [3.63, 3.8) is 0 Å². The van der Waals surface area contributed by atoms with Crippen LogP contribution in [-0.2, 0) is 28.3 Å². The Hall–Kier alpha value is -4.16. The third-order valence-corrected chi connectivity index (χ3v) is 9.83. The summed E-state index contributed by atoms with van der Waals surface area (Å²) < 4.78 is 2.51. The highest BCUT2D eigenvalue weighted by Gasteiger charge is 2.52. The van der Waals surface area contributed by atoms with Gasteiger partial charge >= 0.3 is 0 Å². The number of halogens is 1. The van der Waals surface area contributed by atoms with Crippen LogP contribution < -0.4 is 15.5 Å². The Kier molecular flexibility index (Phi) is 10.5. The van der Waals surface area contributed by atoms with Crippen LogP contribution in [0, 0.1) is 11.8 Å². The van der Waals surface area contributed by atoms with E-state index in [1.165, 1.54) is 0 Å². The molecule has 48 heavy (non-hydrogen) atoms. The van der Waals surface area contributed by atoms with Gasteiger partial charge in [0.05, 0.1) is 36.4 Å². The predicted octanol–water partition coefficient (Wildman–Crippen LogP) is 5.12. The molecule has 10 nitrogen and oxygen atoms in total. The second-order valence-corrected chi connectivity index (χ2v) is 13.5. The molecule has 3 aromatic carbocycles. The molecule has 2 amide bonds. The fourth-order valence-corrected chi connectivity index (χ4v) is 6.97. The summed E-state index contributed by atoms with van der Waals surface area (Å²) in [5.74, 6) is -1.24. The zero-order valence-electron chi connectivity index (χ0n) is 26.9. The number of nitrogens with one attached hydrogen (secondary N) is 2. The second kappa shape index (κ2) is 14.9. The first kappa shape index (κ1) is 33.7. The number of nitrogens with zero attached hydrogens (tertiary/aromatic N) is 4. The first-order valence-electron chi connectivity index (χ1n) is 16.4. The summed E-state index contributed by atoms with van der Waals surface area (Å²) in [6.07, 6.45) is 8.12. The Labute approximate surface area is 289 Å². The number of rotatable bonds is 12. The predicted molar refractivity (Wildman–Crippen MR) is 188 cm³/mol. The van der Waals surface area contributed by atoms with Crippen molar-refractivity contribution < 1.29 is 19.8 Å². The highest BCUT2D eigenvalue weighted by molar-refractivity contribution is 9.10. The van der Waals surface area contributed by atoms with Gasteiger partial charge < -0.3 is 25.7 Å².